The third kappa shape index (κ3) is 5.83. The zero-order valence-corrected chi connectivity index (χ0v) is 12.2. The van der Waals surface area contributed by atoms with Crippen molar-refractivity contribution >= 4 is 5.97 Å². The van der Waals surface area contributed by atoms with Crippen LogP contribution in [-0.4, -0.2) is 49.3 Å². The van der Waals surface area contributed by atoms with Gasteiger partial charge in [-0.15, -0.1) is 0 Å². The van der Waals surface area contributed by atoms with Gasteiger partial charge in [-0.25, -0.2) is 0 Å². The molecule has 0 spiro atoms. The van der Waals surface area contributed by atoms with Crippen molar-refractivity contribution in [3.8, 4) is 0 Å². The maximum Gasteiger partial charge on any atom is 0.310 e. The van der Waals surface area contributed by atoms with Crippen molar-refractivity contribution in [3.05, 3.63) is 0 Å². The molecular formula is C14H27NO3. The smallest absolute Gasteiger partial charge is 0.310 e. The van der Waals surface area contributed by atoms with Gasteiger partial charge in [-0.1, -0.05) is 0 Å². The molecular weight excluding hydrogens is 230 g/mol. The van der Waals surface area contributed by atoms with E-state index >= 15 is 0 Å². The molecule has 1 heterocycles. The molecule has 0 N–H and O–H groups in total. The van der Waals surface area contributed by atoms with Crippen LogP contribution in [0, 0.1) is 5.92 Å². The van der Waals surface area contributed by atoms with Crippen LogP contribution in [0.3, 0.4) is 0 Å². The van der Waals surface area contributed by atoms with Gasteiger partial charge in [-0.05, 0) is 47.1 Å². The maximum atomic E-state index is 11.7. The molecule has 0 saturated carbocycles. The molecule has 0 bridgehead atoms. The highest BCUT2D eigenvalue weighted by Crippen LogP contribution is 2.18. The Hall–Kier alpha value is -0.610. The van der Waals surface area contributed by atoms with E-state index in [1.54, 1.807) is 0 Å². The van der Waals surface area contributed by atoms with Gasteiger partial charge in [0.25, 0.3) is 0 Å². The van der Waals surface area contributed by atoms with Gasteiger partial charge in [0.15, 0.2) is 0 Å². The summed E-state index contributed by atoms with van der Waals surface area (Å²) in [6.07, 6.45) is 2.02. The molecule has 1 aliphatic heterocycles. The average molecular weight is 257 g/mol. The van der Waals surface area contributed by atoms with E-state index in [-0.39, 0.29) is 17.5 Å². The average Bonchev–Trinajstić information content (AvgIpc) is 2.28. The first-order valence-corrected chi connectivity index (χ1v) is 6.95. The summed E-state index contributed by atoms with van der Waals surface area (Å²) in [6, 6.07) is 0. The summed E-state index contributed by atoms with van der Waals surface area (Å²) >= 11 is 0. The highest BCUT2D eigenvalue weighted by atomic mass is 16.5. The van der Waals surface area contributed by atoms with Gasteiger partial charge in [-0.2, -0.15) is 0 Å². The van der Waals surface area contributed by atoms with E-state index in [0.29, 0.717) is 6.61 Å². The van der Waals surface area contributed by atoms with Crippen molar-refractivity contribution in [3.63, 3.8) is 0 Å². The molecule has 1 fully saturated rings. The van der Waals surface area contributed by atoms with Crippen LogP contribution in [0.2, 0.25) is 0 Å². The van der Waals surface area contributed by atoms with E-state index in [2.05, 4.69) is 25.7 Å². The quantitative estimate of drug-likeness (QED) is 0.707. The van der Waals surface area contributed by atoms with Crippen molar-refractivity contribution in [2.75, 3.05) is 32.8 Å². The molecule has 0 amide bonds. The Balaban J connectivity index is 2.28. The van der Waals surface area contributed by atoms with Gasteiger partial charge in [-0.3, -0.25) is 4.79 Å². The van der Waals surface area contributed by atoms with Crippen LogP contribution in [0.4, 0.5) is 0 Å². The summed E-state index contributed by atoms with van der Waals surface area (Å²) < 4.78 is 10.8. The zero-order valence-electron chi connectivity index (χ0n) is 12.2. The Labute approximate surface area is 111 Å². The van der Waals surface area contributed by atoms with Crippen LogP contribution < -0.4 is 0 Å². The van der Waals surface area contributed by atoms with Crippen LogP contribution in [0.25, 0.3) is 0 Å². The van der Waals surface area contributed by atoms with Crippen molar-refractivity contribution < 1.29 is 14.3 Å². The van der Waals surface area contributed by atoms with Crippen molar-refractivity contribution in [2.45, 2.75) is 46.1 Å². The molecule has 0 unspecified atom stereocenters. The number of rotatable bonds is 5. The normalized spacial score (nSPS) is 21.9. The Morgan fingerprint density at radius 1 is 1.39 bits per heavy atom. The molecule has 1 rings (SSSR count). The minimum Gasteiger partial charge on any atom is -0.466 e. The van der Waals surface area contributed by atoms with Crippen LogP contribution in [0.1, 0.15) is 40.5 Å². The summed E-state index contributed by atoms with van der Waals surface area (Å²) in [5.41, 5.74) is -0.0870. The van der Waals surface area contributed by atoms with Crippen molar-refractivity contribution in [1.29, 1.82) is 0 Å². The standard InChI is InChI=1S/C14H27NO3/c1-5-17-13(16)12-7-6-8-15(11-12)9-10-18-14(2,3)4/h12H,5-11H2,1-4H3/t12-/m1/s1. The van der Waals surface area contributed by atoms with Crippen molar-refractivity contribution in [2.24, 2.45) is 5.92 Å². The van der Waals surface area contributed by atoms with Gasteiger partial charge in [0.2, 0.25) is 0 Å². The molecule has 0 aromatic rings. The number of carbonyl (C=O) groups excluding carboxylic acids is 1. The van der Waals surface area contributed by atoms with Crippen LogP contribution >= 0.6 is 0 Å². The Morgan fingerprint density at radius 2 is 2.11 bits per heavy atom. The predicted molar refractivity (Wildman–Crippen MR) is 71.5 cm³/mol. The van der Waals surface area contributed by atoms with Crippen molar-refractivity contribution in [1.82, 2.24) is 4.90 Å². The molecule has 0 aromatic carbocycles. The fourth-order valence-electron chi connectivity index (χ4n) is 2.19. The van der Waals surface area contributed by atoms with Crippen LogP contribution in [-0.2, 0) is 14.3 Å². The molecule has 106 valence electrons. The lowest BCUT2D eigenvalue weighted by atomic mass is 9.98. The first kappa shape index (κ1) is 15.4. The number of esters is 1. The molecule has 0 aromatic heterocycles. The fraction of sp³-hybridized carbons (Fsp3) is 0.929. The molecule has 1 saturated heterocycles. The fourth-order valence-corrected chi connectivity index (χ4v) is 2.19. The molecule has 18 heavy (non-hydrogen) atoms. The second-order valence-corrected chi connectivity index (χ2v) is 5.85. The highest BCUT2D eigenvalue weighted by Gasteiger charge is 2.26. The van der Waals surface area contributed by atoms with Gasteiger partial charge in [0.1, 0.15) is 0 Å². The van der Waals surface area contributed by atoms with E-state index in [4.69, 9.17) is 9.47 Å². The van der Waals surface area contributed by atoms with E-state index in [0.717, 1.165) is 39.1 Å². The Morgan fingerprint density at radius 3 is 2.72 bits per heavy atom. The first-order valence-electron chi connectivity index (χ1n) is 6.95. The largest absolute Gasteiger partial charge is 0.466 e. The topological polar surface area (TPSA) is 38.8 Å². The lowest BCUT2D eigenvalue weighted by Gasteiger charge is -2.32. The van der Waals surface area contributed by atoms with Gasteiger partial charge in [0, 0.05) is 13.1 Å². The lowest BCUT2D eigenvalue weighted by molar-refractivity contribution is -0.150. The molecule has 1 atom stereocenters. The highest BCUT2D eigenvalue weighted by molar-refractivity contribution is 5.72. The number of nitrogens with zero attached hydrogens (tertiary/aromatic N) is 1. The first-order chi connectivity index (χ1) is 8.42. The molecule has 4 heteroatoms. The number of hydrogen-bond donors (Lipinski definition) is 0. The Kier molecular flexibility index (Phi) is 6.09. The minimum absolute atomic E-state index is 0.0426. The van der Waals surface area contributed by atoms with E-state index in [9.17, 15) is 4.79 Å². The molecule has 0 radical (unpaired) electrons. The van der Waals surface area contributed by atoms with E-state index in [1.807, 2.05) is 6.92 Å². The predicted octanol–water partition coefficient (Wildman–Crippen LogP) is 2.08. The summed E-state index contributed by atoms with van der Waals surface area (Å²) in [5.74, 6) is 0.00674. The molecule has 0 aliphatic carbocycles. The van der Waals surface area contributed by atoms with Gasteiger partial charge in [0.05, 0.1) is 24.7 Å². The monoisotopic (exact) mass is 257 g/mol. The van der Waals surface area contributed by atoms with E-state index in [1.165, 1.54) is 0 Å². The SMILES string of the molecule is CCOC(=O)[C@@H]1CCCN(CCOC(C)(C)C)C1. The number of likely N-dealkylation sites (tertiary alicyclic amines) is 1. The van der Waals surface area contributed by atoms with Crippen LogP contribution in [0.15, 0.2) is 0 Å². The summed E-state index contributed by atoms with van der Waals surface area (Å²) in [4.78, 5) is 14.0. The summed E-state index contributed by atoms with van der Waals surface area (Å²) in [6.45, 7) is 12.0. The van der Waals surface area contributed by atoms with E-state index < -0.39 is 0 Å². The number of ether oxygens (including phenoxy) is 2. The minimum atomic E-state index is -0.0870. The lowest BCUT2D eigenvalue weighted by Crippen LogP contribution is -2.41. The third-order valence-electron chi connectivity index (χ3n) is 3.07. The molecule has 1 aliphatic rings. The van der Waals surface area contributed by atoms with Gasteiger partial charge >= 0.3 is 5.97 Å². The second kappa shape index (κ2) is 7.10. The summed E-state index contributed by atoms with van der Waals surface area (Å²) in [7, 11) is 0. The Bertz CT molecular complexity index is 260. The third-order valence-corrected chi connectivity index (χ3v) is 3.07. The second-order valence-electron chi connectivity index (χ2n) is 5.85. The molecule has 4 nitrogen and oxygen atoms in total. The summed E-state index contributed by atoms with van der Waals surface area (Å²) in [5, 5.41) is 0. The number of carbonyl (C=O) groups is 1. The number of piperidine rings is 1. The van der Waals surface area contributed by atoms with Gasteiger partial charge < -0.3 is 14.4 Å². The number of hydrogen-bond acceptors (Lipinski definition) is 4. The maximum absolute atomic E-state index is 11.7. The van der Waals surface area contributed by atoms with Crippen LogP contribution in [0.5, 0.6) is 0 Å². The zero-order chi connectivity index (χ0) is 13.6.